The fourth-order valence-corrected chi connectivity index (χ4v) is 2.91. The molecular formula is C13H18BrFN2O3S. The van der Waals surface area contributed by atoms with E-state index in [2.05, 4.69) is 21.2 Å². The molecule has 1 atom stereocenters. The summed E-state index contributed by atoms with van der Waals surface area (Å²) in [5, 5.41) is 7.67. The van der Waals surface area contributed by atoms with E-state index in [0.717, 1.165) is 31.4 Å². The number of amides is 1. The molecule has 1 unspecified atom stereocenters. The van der Waals surface area contributed by atoms with Gasteiger partial charge in [0.05, 0.1) is 5.56 Å². The molecule has 0 aromatic heterocycles. The molecule has 0 fully saturated rings. The number of carbonyl (C=O) groups excluding carboxylic acids is 1. The van der Waals surface area contributed by atoms with Gasteiger partial charge in [0.25, 0.3) is 5.91 Å². The lowest BCUT2D eigenvalue weighted by Gasteiger charge is -2.14. The fourth-order valence-electron chi connectivity index (χ4n) is 1.81. The summed E-state index contributed by atoms with van der Waals surface area (Å²) in [7, 11) is -4.22. The van der Waals surface area contributed by atoms with E-state index in [4.69, 9.17) is 5.14 Å². The van der Waals surface area contributed by atoms with Gasteiger partial charge in [0.2, 0.25) is 10.0 Å². The van der Waals surface area contributed by atoms with Gasteiger partial charge in [-0.3, -0.25) is 4.79 Å². The van der Waals surface area contributed by atoms with Crippen LogP contribution in [0.4, 0.5) is 4.39 Å². The molecule has 1 rings (SSSR count). The van der Waals surface area contributed by atoms with Gasteiger partial charge in [0.1, 0.15) is 10.7 Å². The van der Waals surface area contributed by atoms with Gasteiger partial charge in [-0.25, -0.2) is 17.9 Å². The summed E-state index contributed by atoms with van der Waals surface area (Å²) in [6, 6.07) is 1.80. The van der Waals surface area contributed by atoms with Crippen molar-refractivity contribution in [3.8, 4) is 0 Å². The lowest BCUT2D eigenvalue weighted by molar-refractivity contribution is 0.0937. The predicted molar refractivity (Wildman–Crippen MR) is 81.9 cm³/mol. The first-order valence-electron chi connectivity index (χ1n) is 6.49. The second-order valence-electron chi connectivity index (χ2n) is 4.82. The molecule has 0 aliphatic heterocycles. The molecule has 0 spiro atoms. The number of nitrogens with one attached hydrogen (secondary N) is 1. The molecule has 5 nitrogen and oxygen atoms in total. The van der Waals surface area contributed by atoms with E-state index in [1.165, 1.54) is 0 Å². The Morgan fingerprint density at radius 3 is 2.62 bits per heavy atom. The maximum Gasteiger partial charge on any atom is 0.252 e. The monoisotopic (exact) mass is 380 g/mol. The Morgan fingerprint density at radius 1 is 1.48 bits per heavy atom. The molecule has 0 bridgehead atoms. The normalized spacial score (nSPS) is 13.0. The van der Waals surface area contributed by atoms with Crippen molar-refractivity contribution in [3.63, 3.8) is 0 Å². The Labute approximate surface area is 132 Å². The van der Waals surface area contributed by atoms with Gasteiger partial charge in [-0.05, 0) is 41.4 Å². The predicted octanol–water partition coefficient (Wildman–Crippen LogP) is 2.54. The quantitative estimate of drug-likeness (QED) is 0.794. The summed E-state index contributed by atoms with van der Waals surface area (Å²) in [6.07, 6.45) is 2.79. The third-order valence-electron chi connectivity index (χ3n) is 2.94. The van der Waals surface area contributed by atoms with Crippen molar-refractivity contribution in [3.05, 3.63) is 28.0 Å². The zero-order valence-corrected chi connectivity index (χ0v) is 14.2. The van der Waals surface area contributed by atoms with Crippen molar-refractivity contribution in [2.24, 2.45) is 5.14 Å². The first kappa shape index (κ1) is 18.1. The minimum atomic E-state index is -4.22. The standard InChI is InChI=1S/C13H18BrFN2O3S/c1-3-4-5-8(2)17-13(18)9-6-12(21(16,19)20)11(15)7-10(9)14/h6-8H,3-5H2,1-2H3,(H,17,18)(H2,16,19,20). The first-order valence-corrected chi connectivity index (χ1v) is 8.83. The van der Waals surface area contributed by atoms with Crippen molar-refractivity contribution in [1.82, 2.24) is 5.32 Å². The van der Waals surface area contributed by atoms with Gasteiger partial charge in [-0.1, -0.05) is 19.8 Å². The average molecular weight is 381 g/mol. The number of hydrogen-bond donors (Lipinski definition) is 2. The Kier molecular flexibility index (Phi) is 6.30. The van der Waals surface area contributed by atoms with Gasteiger partial charge in [-0.2, -0.15) is 0 Å². The number of primary sulfonamides is 1. The van der Waals surface area contributed by atoms with Gasteiger partial charge >= 0.3 is 0 Å². The minimum Gasteiger partial charge on any atom is -0.350 e. The molecule has 1 aromatic rings. The molecule has 0 heterocycles. The minimum absolute atomic E-state index is 0.0313. The van der Waals surface area contributed by atoms with Crippen LogP contribution in [0.25, 0.3) is 0 Å². The van der Waals surface area contributed by atoms with Crippen LogP contribution in [-0.4, -0.2) is 20.4 Å². The Bertz CT molecular complexity index is 635. The SMILES string of the molecule is CCCCC(C)NC(=O)c1cc(S(N)(=O)=O)c(F)cc1Br. The maximum absolute atomic E-state index is 13.6. The first-order chi connectivity index (χ1) is 9.66. The summed E-state index contributed by atoms with van der Waals surface area (Å²) in [5.41, 5.74) is 0.0313. The van der Waals surface area contributed by atoms with E-state index < -0.39 is 26.6 Å². The number of rotatable bonds is 6. The third-order valence-corrected chi connectivity index (χ3v) is 4.52. The molecular weight excluding hydrogens is 363 g/mol. The highest BCUT2D eigenvalue weighted by atomic mass is 79.9. The molecule has 0 aliphatic rings. The lowest BCUT2D eigenvalue weighted by atomic mass is 10.1. The highest BCUT2D eigenvalue weighted by Crippen LogP contribution is 2.24. The number of unbranched alkanes of at least 4 members (excludes halogenated alkanes) is 1. The van der Waals surface area contributed by atoms with Crippen molar-refractivity contribution in [2.75, 3.05) is 0 Å². The maximum atomic E-state index is 13.6. The second kappa shape index (κ2) is 7.33. The number of hydrogen-bond acceptors (Lipinski definition) is 3. The van der Waals surface area contributed by atoms with Gasteiger partial charge < -0.3 is 5.32 Å². The number of sulfonamides is 1. The highest BCUT2D eigenvalue weighted by Gasteiger charge is 2.21. The molecule has 0 aliphatic carbocycles. The van der Waals surface area contributed by atoms with Crippen LogP contribution in [0.3, 0.4) is 0 Å². The molecule has 0 saturated heterocycles. The van der Waals surface area contributed by atoms with E-state index in [1.807, 2.05) is 13.8 Å². The topological polar surface area (TPSA) is 89.3 Å². The number of halogens is 2. The Morgan fingerprint density at radius 2 is 2.10 bits per heavy atom. The van der Waals surface area contributed by atoms with Crippen molar-refractivity contribution >= 4 is 31.9 Å². The summed E-state index contributed by atoms with van der Waals surface area (Å²) in [4.78, 5) is 11.4. The van der Waals surface area contributed by atoms with E-state index in [-0.39, 0.29) is 16.1 Å². The molecule has 1 aromatic carbocycles. The van der Waals surface area contributed by atoms with Crippen molar-refractivity contribution < 1.29 is 17.6 Å². The summed E-state index contributed by atoms with van der Waals surface area (Å²) in [5.74, 6) is -1.48. The molecule has 0 radical (unpaired) electrons. The molecule has 0 saturated carbocycles. The Hall–Kier alpha value is -0.990. The van der Waals surface area contributed by atoms with Crippen molar-refractivity contribution in [1.29, 1.82) is 0 Å². The van der Waals surface area contributed by atoms with Crippen LogP contribution in [0.15, 0.2) is 21.5 Å². The van der Waals surface area contributed by atoms with Crippen LogP contribution in [-0.2, 0) is 10.0 Å². The van der Waals surface area contributed by atoms with Gasteiger partial charge in [0, 0.05) is 10.5 Å². The van der Waals surface area contributed by atoms with Crippen LogP contribution in [0.1, 0.15) is 43.5 Å². The summed E-state index contributed by atoms with van der Waals surface area (Å²) < 4.78 is 36.4. The van der Waals surface area contributed by atoms with Gasteiger partial charge in [0.15, 0.2) is 0 Å². The van der Waals surface area contributed by atoms with Crippen LogP contribution < -0.4 is 10.5 Å². The highest BCUT2D eigenvalue weighted by molar-refractivity contribution is 9.10. The zero-order chi connectivity index (χ0) is 16.2. The third kappa shape index (κ3) is 5.05. The Balaban J connectivity index is 3.05. The molecule has 118 valence electrons. The van der Waals surface area contributed by atoms with Gasteiger partial charge in [-0.15, -0.1) is 0 Å². The lowest BCUT2D eigenvalue weighted by Crippen LogP contribution is -2.33. The van der Waals surface area contributed by atoms with Crippen LogP contribution in [0.5, 0.6) is 0 Å². The smallest absolute Gasteiger partial charge is 0.252 e. The fraction of sp³-hybridized carbons (Fsp3) is 0.462. The van der Waals surface area contributed by atoms with E-state index in [0.29, 0.717) is 0 Å². The van der Waals surface area contributed by atoms with Crippen LogP contribution in [0.2, 0.25) is 0 Å². The summed E-state index contributed by atoms with van der Waals surface area (Å²) >= 11 is 3.05. The molecule has 21 heavy (non-hydrogen) atoms. The summed E-state index contributed by atoms with van der Waals surface area (Å²) in [6.45, 7) is 3.90. The molecule has 3 N–H and O–H groups in total. The largest absolute Gasteiger partial charge is 0.350 e. The van der Waals surface area contributed by atoms with E-state index >= 15 is 0 Å². The van der Waals surface area contributed by atoms with Crippen LogP contribution >= 0.6 is 15.9 Å². The number of carbonyl (C=O) groups is 1. The number of nitrogens with two attached hydrogens (primary N) is 1. The number of benzene rings is 1. The van der Waals surface area contributed by atoms with Crippen molar-refractivity contribution in [2.45, 2.75) is 44.0 Å². The van der Waals surface area contributed by atoms with E-state index in [9.17, 15) is 17.6 Å². The molecule has 8 heteroatoms. The van der Waals surface area contributed by atoms with Crippen LogP contribution in [0, 0.1) is 5.82 Å². The second-order valence-corrected chi connectivity index (χ2v) is 7.21. The molecule has 1 amide bonds. The zero-order valence-electron chi connectivity index (χ0n) is 11.8. The van der Waals surface area contributed by atoms with E-state index in [1.54, 1.807) is 0 Å². The average Bonchev–Trinajstić information content (AvgIpc) is 2.34.